The fraction of sp³-hybridized carbons (Fsp3) is 0.481. The molecule has 1 amide bonds. The van der Waals surface area contributed by atoms with E-state index in [0.717, 1.165) is 48.7 Å². The zero-order chi connectivity index (χ0) is 26.9. The fourth-order valence-electron chi connectivity index (χ4n) is 3.60. The van der Waals surface area contributed by atoms with Crippen LogP contribution in [0.2, 0.25) is 0 Å². The van der Waals surface area contributed by atoms with E-state index in [1.54, 1.807) is 20.8 Å². The minimum Gasteiger partial charge on any atom is -0.386 e. The molecule has 1 unspecified atom stereocenters. The highest BCUT2D eigenvalue weighted by atomic mass is 19.3. The van der Waals surface area contributed by atoms with E-state index in [1.807, 2.05) is 48.5 Å². The van der Waals surface area contributed by atoms with Crippen LogP contribution in [0.3, 0.4) is 0 Å². The van der Waals surface area contributed by atoms with Gasteiger partial charge in [-0.05, 0) is 51.6 Å². The quantitative estimate of drug-likeness (QED) is 0.410. The van der Waals surface area contributed by atoms with Crippen LogP contribution in [0.15, 0.2) is 48.5 Å². The summed E-state index contributed by atoms with van der Waals surface area (Å²) in [7, 11) is 2.10. The summed E-state index contributed by atoms with van der Waals surface area (Å²) < 4.78 is 25.9. The third-order valence-corrected chi connectivity index (χ3v) is 5.91. The number of nitrogens with zero attached hydrogens (tertiary/aromatic N) is 2. The second-order valence-corrected chi connectivity index (χ2v) is 9.78. The first-order valence-electron chi connectivity index (χ1n) is 12.1. The zero-order valence-corrected chi connectivity index (χ0v) is 21.8. The molecular weight excluding hydrogens is 464 g/mol. The Morgan fingerprint density at radius 1 is 1.11 bits per heavy atom. The number of nitrogens with one attached hydrogen (secondary N) is 3. The molecule has 0 aliphatic carbocycles. The average Bonchev–Trinajstić information content (AvgIpc) is 2.83. The van der Waals surface area contributed by atoms with E-state index in [0.29, 0.717) is 6.92 Å². The number of alkyl halides is 2. The van der Waals surface area contributed by atoms with Gasteiger partial charge in [0.2, 0.25) is 0 Å². The third-order valence-electron chi connectivity index (χ3n) is 5.91. The maximum Gasteiger partial charge on any atom is 0.321 e. The smallest absolute Gasteiger partial charge is 0.321 e. The van der Waals surface area contributed by atoms with Gasteiger partial charge in [-0.25, -0.2) is 0 Å². The number of aliphatic hydroxyl groups is 1. The molecule has 0 bridgehead atoms. The van der Waals surface area contributed by atoms with Crippen molar-refractivity contribution in [1.82, 2.24) is 10.2 Å². The summed E-state index contributed by atoms with van der Waals surface area (Å²) in [5.41, 5.74) is 2.77. The molecule has 1 saturated heterocycles. The van der Waals surface area contributed by atoms with E-state index >= 15 is 0 Å². The average molecular weight is 504 g/mol. The van der Waals surface area contributed by atoms with Crippen molar-refractivity contribution >= 4 is 23.5 Å². The minimum absolute atomic E-state index is 0.288. The summed E-state index contributed by atoms with van der Waals surface area (Å²) >= 11 is 0. The van der Waals surface area contributed by atoms with Gasteiger partial charge in [-0.2, -0.15) is 8.78 Å². The van der Waals surface area contributed by atoms with Crippen LogP contribution in [0.4, 0.5) is 20.2 Å². The van der Waals surface area contributed by atoms with Gasteiger partial charge in [0, 0.05) is 68.8 Å². The molecule has 7 nitrogen and oxygen atoms in total. The van der Waals surface area contributed by atoms with Gasteiger partial charge in [0.1, 0.15) is 0 Å². The molecule has 1 aliphatic rings. The molecule has 0 radical (unpaired) electrons. The number of anilines is 2. The number of halogens is 2. The number of hydrogen-bond acceptors (Lipinski definition) is 6. The SMILES string of the molecule is CC(C)(O)c1ccccc1.CC(CNc1ccc(N2CCN(C)CC2)cc1C=N)NC(=O)C(C)(F)F. The third kappa shape index (κ3) is 9.20. The van der Waals surface area contributed by atoms with Crippen LogP contribution in [0, 0.1) is 5.41 Å². The van der Waals surface area contributed by atoms with E-state index in [-0.39, 0.29) is 6.54 Å². The molecule has 3 rings (SSSR count). The number of carbonyl (C=O) groups excluding carboxylic acids is 1. The minimum atomic E-state index is -3.39. The highest BCUT2D eigenvalue weighted by molar-refractivity contribution is 5.88. The predicted octanol–water partition coefficient (Wildman–Crippen LogP) is 3.92. The number of piperazine rings is 1. The molecule has 36 heavy (non-hydrogen) atoms. The molecule has 2 aromatic carbocycles. The summed E-state index contributed by atoms with van der Waals surface area (Å²) in [6.45, 7) is 9.95. The molecule has 1 atom stereocenters. The predicted molar refractivity (Wildman–Crippen MR) is 142 cm³/mol. The second kappa shape index (κ2) is 12.8. The van der Waals surface area contributed by atoms with Crippen LogP contribution < -0.4 is 15.5 Å². The van der Waals surface area contributed by atoms with Crippen LogP contribution in [0.25, 0.3) is 0 Å². The molecule has 4 N–H and O–H groups in total. The van der Waals surface area contributed by atoms with Crippen LogP contribution in [0.5, 0.6) is 0 Å². The number of rotatable bonds is 8. The highest BCUT2D eigenvalue weighted by Gasteiger charge is 2.32. The zero-order valence-electron chi connectivity index (χ0n) is 21.8. The van der Waals surface area contributed by atoms with Gasteiger partial charge < -0.3 is 30.9 Å². The molecule has 1 aliphatic heterocycles. The van der Waals surface area contributed by atoms with E-state index in [9.17, 15) is 18.7 Å². The summed E-state index contributed by atoms with van der Waals surface area (Å²) in [5, 5.41) is 22.5. The van der Waals surface area contributed by atoms with E-state index in [2.05, 4.69) is 27.5 Å². The first-order valence-corrected chi connectivity index (χ1v) is 12.1. The molecule has 0 spiro atoms. The Labute approximate surface area is 213 Å². The van der Waals surface area contributed by atoms with E-state index in [4.69, 9.17) is 5.41 Å². The lowest BCUT2D eigenvalue weighted by atomic mass is 9.99. The Bertz CT molecular complexity index is 982. The standard InChI is InChI=1S/C18H27F2N5O.C9H12O/c1-13(23-17(26)18(2,19)20)12-22-16-5-4-15(10-14(16)11-21)25-8-6-24(3)7-9-25;1-9(2,10)8-6-4-3-5-7-8/h4-5,10-11,13,21-22H,6-9,12H2,1-3H3,(H,23,26);3-7,10H,1-2H3. The number of carbonyl (C=O) groups is 1. The molecule has 1 fully saturated rings. The van der Waals surface area contributed by atoms with Crippen LogP contribution in [-0.4, -0.2) is 73.9 Å². The number of benzene rings is 2. The van der Waals surface area contributed by atoms with Crippen LogP contribution in [-0.2, 0) is 10.4 Å². The number of likely N-dealkylation sites (N-methyl/N-ethyl adjacent to an activating group) is 1. The fourth-order valence-corrected chi connectivity index (χ4v) is 3.60. The van der Waals surface area contributed by atoms with Crippen molar-refractivity contribution in [3.8, 4) is 0 Å². The van der Waals surface area contributed by atoms with Crippen molar-refractivity contribution in [2.75, 3.05) is 50.0 Å². The van der Waals surface area contributed by atoms with Gasteiger partial charge in [0.15, 0.2) is 0 Å². The van der Waals surface area contributed by atoms with Crippen molar-refractivity contribution in [1.29, 1.82) is 5.41 Å². The Morgan fingerprint density at radius 3 is 2.22 bits per heavy atom. The maximum absolute atomic E-state index is 12.9. The molecule has 1 heterocycles. The molecule has 2 aromatic rings. The van der Waals surface area contributed by atoms with Crippen molar-refractivity contribution in [3.05, 3.63) is 59.7 Å². The lowest BCUT2D eigenvalue weighted by Crippen LogP contribution is -2.45. The summed E-state index contributed by atoms with van der Waals surface area (Å²) in [4.78, 5) is 15.9. The van der Waals surface area contributed by atoms with Gasteiger partial charge >= 0.3 is 5.92 Å². The maximum atomic E-state index is 12.9. The van der Waals surface area contributed by atoms with E-state index in [1.165, 1.54) is 6.21 Å². The monoisotopic (exact) mass is 503 g/mol. The van der Waals surface area contributed by atoms with Crippen molar-refractivity contribution in [2.24, 2.45) is 0 Å². The molecule has 0 aromatic heterocycles. The topological polar surface area (TPSA) is 91.7 Å². The van der Waals surface area contributed by atoms with Gasteiger partial charge in [0.05, 0.1) is 5.60 Å². The van der Waals surface area contributed by atoms with Gasteiger partial charge in [-0.15, -0.1) is 0 Å². The first-order chi connectivity index (χ1) is 16.8. The van der Waals surface area contributed by atoms with Gasteiger partial charge in [0.25, 0.3) is 5.91 Å². The summed E-state index contributed by atoms with van der Waals surface area (Å²) in [5.74, 6) is -4.68. The molecule has 0 saturated carbocycles. The lowest BCUT2D eigenvalue weighted by Gasteiger charge is -2.34. The Hall–Kier alpha value is -3.04. The Balaban J connectivity index is 0.000000380. The van der Waals surface area contributed by atoms with Crippen LogP contribution in [0.1, 0.15) is 38.8 Å². The normalized spacial score (nSPS) is 15.4. The number of hydrogen-bond donors (Lipinski definition) is 4. The second-order valence-electron chi connectivity index (χ2n) is 9.78. The van der Waals surface area contributed by atoms with Crippen molar-refractivity contribution in [2.45, 2.75) is 45.3 Å². The van der Waals surface area contributed by atoms with E-state index < -0.39 is 23.5 Å². The Kier molecular flexibility index (Phi) is 10.4. The van der Waals surface area contributed by atoms with Crippen LogP contribution >= 0.6 is 0 Å². The summed E-state index contributed by atoms with van der Waals surface area (Å²) in [6, 6.07) is 15.0. The number of amides is 1. The highest BCUT2D eigenvalue weighted by Crippen LogP contribution is 2.23. The molecule has 198 valence electrons. The van der Waals surface area contributed by atoms with Gasteiger partial charge in [-0.3, -0.25) is 4.79 Å². The molecule has 9 heteroatoms. The first kappa shape index (κ1) is 29.2. The Morgan fingerprint density at radius 2 is 1.72 bits per heavy atom. The molecular formula is C27H39F2N5O2. The lowest BCUT2D eigenvalue weighted by molar-refractivity contribution is -0.143. The largest absolute Gasteiger partial charge is 0.386 e. The van der Waals surface area contributed by atoms with Crippen molar-refractivity contribution in [3.63, 3.8) is 0 Å². The summed E-state index contributed by atoms with van der Waals surface area (Å²) in [6.07, 6.45) is 1.27. The van der Waals surface area contributed by atoms with Gasteiger partial charge in [-0.1, -0.05) is 30.3 Å². The van der Waals surface area contributed by atoms with Crippen molar-refractivity contribution < 1.29 is 18.7 Å².